The Balaban J connectivity index is 1.76. The van der Waals surface area contributed by atoms with Crippen LogP contribution in [0.25, 0.3) is 0 Å². The monoisotopic (exact) mass is 210 g/mol. The molecule has 1 aliphatic carbocycles. The van der Waals surface area contributed by atoms with E-state index in [1.165, 1.54) is 12.8 Å². The van der Waals surface area contributed by atoms with E-state index in [2.05, 4.69) is 41.5 Å². The van der Waals surface area contributed by atoms with Gasteiger partial charge in [-0.1, -0.05) is 0 Å². The number of hydrogen-bond acceptors (Lipinski definition) is 4. The minimum absolute atomic E-state index is 0.492. The Kier molecular flexibility index (Phi) is 3.14. The maximum absolute atomic E-state index is 4.40. The molecule has 0 saturated heterocycles. The Morgan fingerprint density at radius 2 is 2.27 bits per heavy atom. The Hall–Kier alpha value is -0.770. The van der Waals surface area contributed by atoms with Gasteiger partial charge in [0.15, 0.2) is 5.96 Å². The van der Waals surface area contributed by atoms with Crippen molar-refractivity contribution < 1.29 is 0 Å². The number of guanidine groups is 1. The van der Waals surface area contributed by atoms with E-state index in [1.54, 1.807) is 0 Å². The van der Waals surface area contributed by atoms with Gasteiger partial charge in [0, 0.05) is 18.6 Å². The highest BCUT2D eigenvalue weighted by molar-refractivity contribution is 5.81. The van der Waals surface area contributed by atoms with Crippen LogP contribution >= 0.6 is 0 Å². The van der Waals surface area contributed by atoms with E-state index < -0.39 is 0 Å². The van der Waals surface area contributed by atoms with E-state index in [9.17, 15) is 0 Å². The molecule has 2 rings (SSSR count). The molecule has 0 aromatic heterocycles. The fourth-order valence-corrected chi connectivity index (χ4v) is 2.11. The van der Waals surface area contributed by atoms with E-state index in [-0.39, 0.29) is 0 Å². The van der Waals surface area contributed by atoms with Crippen molar-refractivity contribution in [3.05, 3.63) is 0 Å². The topological polar surface area (TPSA) is 39.7 Å². The first-order valence-corrected chi connectivity index (χ1v) is 5.88. The molecule has 1 saturated carbocycles. The highest BCUT2D eigenvalue weighted by atomic mass is 15.2. The third-order valence-electron chi connectivity index (χ3n) is 3.21. The molecule has 0 aromatic rings. The number of nitrogens with one attached hydrogen (secondary N) is 2. The van der Waals surface area contributed by atoms with Crippen LogP contribution in [0.3, 0.4) is 0 Å². The lowest BCUT2D eigenvalue weighted by Crippen LogP contribution is -2.45. The quantitative estimate of drug-likeness (QED) is 0.699. The van der Waals surface area contributed by atoms with Gasteiger partial charge in [-0.15, -0.1) is 0 Å². The summed E-state index contributed by atoms with van der Waals surface area (Å²) >= 11 is 0. The van der Waals surface area contributed by atoms with Gasteiger partial charge < -0.3 is 15.5 Å². The number of rotatable bonds is 4. The highest BCUT2D eigenvalue weighted by Gasteiger charge is 2.32. The summed E-state index contributed by atoms with van der Waals surface area (Å²) in [4.78, 5) is 6.73. The predicted octanol–water partition coefficient (Wildman–Crippen LogP) is 0.264. The fourth-order valence-electron chi connectivity index (χ4n) is 2.11. The molecular formula is C11H22N4. The maximum Gasteiger partial charge on any atom is 0.191 e. The van der Waals surface area contributed by atoms with Gasteiger partial charge in [-0.3, -0.25) is 4.99 Å². The van der Waals surface area contributed by atoms with Gasteiger partial charge in [0.25, 0.3) is 0 Å². The molecule has 2 N–H and O–H groups in total. The molecular weight excluding hydrogens is 188 g/mol. The number of aliphatic imine (C=N–C) groups is 1. The average Bonchev–Trinajstić information content (AvgIpc) is 2.90. The standard InChI is InChI=1S/C11H22N4/c1-8-6-12-11(14-8)13-7-10(15(2)3)9-4-5-9/h8-10H,4-7H2,1-3H3,(H2,12,13,14). The van der Waals surface area contributed by atoms with Crippen LogP contribution in [0.1, 0.15) is 19.8 Å². The van der Waals surface area contributed by atoms with E-state index >= 15 is 0 Å². The van der Waals surface area contributed by atoms with Gasteiger partial charge in [0.1, 0.15) is 0 Å². The molecule has 1 fully saturated rings. The fraction of sp³-hybridized carbons (Fsp3) is 0.909. The Morgan fingerprint density at radius 3 is 2.73 bits per heavy atom. The second-order valence-corrected chi connectivity index (χ2v) is 4.98. The molecule has 0 spiro atoms. The Bertz CT molecular complexity index is 243. The first-order valence-electron chi connectivity index (χ1n) is 5.88. The summed E-state index contributed by atoms with van der Waals surface area (Å²) in [6.45, 7) is 4.07. The summed E-state index contributed by atoms with van der Waals surface area (Å²) in [6.07, 6.45) is 2.78. The molecule has 2 atom stereocenters. The lowest BCUT2D eigenvalue weighted by molar-refractivity contribution is 0.264. The zero-order valence-electron chi connectivity index (χ0n) is 9.95. The number of likely N-dealkylation sites (N-methyl/N-ethyl adjacent to an activating group) is 1. The van der Waals surface area contributed by atoms with E-state index in [0.717, 1.165) is 25.0 Å². The van der Waals surface area contributed by atoms with Crippen LogP contribution in [0.5, 0.6) is 0 Å². The van der Waals surface area contributed by atoms with Crippen LogP contribution in [0, 0.1) is 5.92 Å². The highest BCUT2D eigenvalue weighted by Crippen LogP contribution is 2.34. The molecule has 2 unspecified atom stereocenters. The third kappa shape index (κ3) is 2.84. The van der Waals surface area contributed by atoms with Crippen molar-refractivity contribution in [2.45, 2.75) is 31.8 Å². The lowest BCUT2D eigenvalue weighted by Gasteiger charge is -2.24. The molecule has 1 aliphatic heterocycles. The molecule has 2 aliphatic rings. The maximum atomic E-state index is 4.40. The van der Waals surface area contributed by atoms with Crippen LogP contribution in [-0.4, -0.2) is 50.1 Å². The van der Waals surface area contributed by atoms with Gasteiger partial charge in [0.05, 0.1) is 6.54 Å². The number of nitrogens with zero attached hydrogens (tertiary/aromatic N) is 2. The molecule has 0 bridgehead atoms. The molecule has 0 amide bonds. The minimum atomic E-state index is 0.492. The van der Waals surface area contributed by atoms with E-state index in [1.807, 2.05) is 0 Å². The Morgan fingerprint density at radius 1 is 1.53 bits per heavy atom. The van der Waals surface area contributed by atoms with Crippen molar-refractivity contribution >= 4 is 5.96 Å². The molecule has 4 heteroatoms. The molecule has 86 valence electrons. The number of hydrogen-bond donors (Lipinski definition) is 2. The first kappa shape index (κ1) is 10.7. The van der Waals surface area contributed by atoms with Gasteiger partial charge in [-0.05, 0) is 39.8 Å². The molecule has 0 aromatic carbocycles. The van der Waals surface area contributed by atoms with Crippen molar-refractivity contribution in [1.82, 2.24) is 15.5 Å². The summed E-state index contributed by atoms with van der Waals surface area (Å²) in [6, 6.07) is 1.15. The normalized spacial score (nSPS) is 27.5. The van der Waals surface area contributed by atoms with Gasteiger partial charge in [0.2, 0.25) is 0 Å². The third-order valence-corrected chi connectivity index (χ3v) is 3.21. The van der Waals surface area contributed by atoms with E-state index in [0.29, 0.717) is 12.1 Å². The lowest BCUT2D eigenvalue weighted by atomic mass is 10.1. The zero-order valence-corrected chi connectivity index (χ0v) is 9.95. The first-order chi connectivity index (χ1) is 7.16. The molecule has 1 heterocycles. The van der Waals surface area contributed by atoms with Crippen LogP contribution in [-0.2, 0) is 0 Å². The summed E-state index contributed by atoms with van der Waals surface area (Å²) in [5.41, 5.74) is 0. The van der Waals surface area contributed by atoms with Crippen molar-refractivity contribution in [3.63, 3.8) is 0 Å². The minimum Gasteiger partial charge on any atom is -0.355 e. The van der Waals surface area contributed by atoms with Gasteiger partial charge in [-0.2, -0.15) is 0 Å². The van der Waals surface area contributed by atoms with Crippen molar-refractivity contribution in [2.24, 2.45) is 10.9 Å². The smallest absolute Gasteiger partial charge is 0.191 e. The summed E-state index contributed by atoms with van der Waals surface area (Å²) in [5.74, 6) is 1.88. The molecule has 0 radical (unpaired) electrons. The molecule has 15 heavy (non-hydrogen) atoms. The summed E-state index contributed by atoms with van der Waals surface area (Å²) in [7, 11) is 4.33. The second kappa shape index (κ2) is 4.39. The van der Waals surface area contributed by atoms with E-state index in [4.69, 9.17) is 0 Å². The zero-order chi connectivity index (χ0) is 10.8. The summed E-state index contributed by atoms with van der Waals surface area (Å²) in [5, 5.41) is 6.74. The SMILES string of the molecule is CC1CN=C(NCC(C2CC2)N(C)C)N1. The van der Waals surface area contributed by atoms with Crippen molar-refractivity contribution in [3.8, 4) is 0 Å². The predicted molar refractivity (Wildman–Crippen MR) is 63.1 cm³/mol. The Labute approximate surface area is 92.1 Å². The average molecular weight is 210 g/mol. The second-order valence-electron chi connectivity index (χ2n) is 4.98. The van der Waals surface area contributed by atoms with Crippen molar-refractivity contribution in [2.75, 3.05) is 27.2 Å². The van der Waals surface area contributed by atoms with Gasteiger partial charge >= 0.3 is 0 Å². The summed E-state index contributed by atoms with van der Waals surface area (Å²) < 4.78 is 0. The van der Waals surface area contributed by atoms with Crippen LogP contribution in [0.15, 0.2) is 4.99 Å². The largest absolute Gasteiger partial charge is 0.355 e. The van der Waals surface area contributed by atoms with Crippen LogP contribution in [0.2, 0.25) is 0 Å². The van der Waals surface area contributed by atoms with Gasteiger partial charge in [-0.25, -0.2) is 0 Å². The van der Waals surface area contributed by atoms with Crippen molar-refractivity contribution in [1.29, 1.82) is 0 Å². The molecule has 4 nitrogen and oxygen atoms in total. The van der Waals surface area contributed by atoms with Crippen LogP contribution in [0.4, 0.5) is 0 Å². The van der Waals surface area contributed by atoms with Crippen LogP contribution < -0.4 is 10.6 Å².